The fourth-order valence-electron chi connectivity index (χ4n) is 1.32. The first kappa shape index (κ1) is 13.0. The maximum Gasteiger partial charge on any atom is 0.275 e. The van der Waals surface area contributed by atoms with Crippen molar-refractivity contribution in [3.63, 3.8) is 0 Å². The van der Waals surface area contributed by atoms with E-state index in [-0.39, 0.29) is 5.82 Å². The number of unbranched alkanes of at least 4 members (excludes halogenated alkanes) is 1. The molecule has 0 fully saturated rings. The van der Waals surface area contributed by atoms with Crippen LogP contribution in [-0.2, 0) is 6.42 Å². The number of nitrogens with zero attached hydrogens (tertiary/aromatic N) is 2. The van der Waals surface area contributed by atoms with Gasteiger partial charge in [-0.15, -0.1) is 0 Å². The van der Waals surface area contributed by atoms with Crippen LogP contribution in [0.1, 0.15) is 18.5 Å². The number of imidazole rings is 1. The number of nitro groups is 1. The molecular weight excluding hydrogens is 224 g/mol. The molecule has 1 aromatic heterocycles. The minimum atomic E-state index is -0.564. The Morgan fingerprint density at radius 2 is 2.47 bits per heavy atom. The fourth-order valence-corrected chi connectivity index (χ4v) is 1.32. The summed E-state index contributed by atoms with van der Waals surface area (Å²) in [7, 11) is 0. The molecule has 0 atom stereocenters. The van der Waals surface area contributed by atoms with E-state index in [1.807, 2.05) is 6.20 Å². The van der Waals surface area contributed by atoms with E-state index in [1.165, 1.54) is 0 Å². The van der Waals surface area contributed by atoms with Gasteiger partial charge in [0.25, 0.3) is 6.20 Å². The predicted molar refractivity (Wildman–Crippen MR) is 61.9 cm³/mol. The topological polar surface area (TPSA) is 122 Å². The minimum Gasteiger partial charge on any atom is -0.366 e. The standard InChI is InChI=1S/C9H16N6O2/c10-14-9(6-15(16)17)12-4-2-1-3-8-5-11-7-13-8/h5-7,12,14H,1-4,10H2,(H,11,13). The van der Waals surface area contributed by atoms with Crippen molar-refractivity contribution in [2.24, 2.45) is 5.84 Å². The Morgan fingerprint density at radius 1 is 1.65 bits per heavy atom. The van der Waals surface area contributed by atoms with Gasteiger partial charge in [-0.2, -0.15) is 0 Å². The maximum absolute atomic E-state index is 10.2. The number of nitrogens with two attached hydrogens (primary N) is 1. The first-order valence-electron chi connectivity index (χ1n) is 5.26. The molecule has 0 aromatic carbocycles. The Labute approximate surface area is 98.4 Å². The van der Waals surface area contributed by atoms with E-state index in [0.29, 0.717) is 6.54 Å². The predicted octanol–water partition coefficient (Wildman–Crippen LogP) is -0.139. The Balaban J connectivity index is 2.13. The molecule has 5 N–H and O–H groups in total. The summed E-state index contributed by atoms with van der Waals surface area (Å²) >= 11 is 0. The Morgan fingerprint density at radius 3 is 3.06 bits per heavy atom. The van der Waals surface area contributed by atoms with Crippen molar-refractivity contribution >= 4 is 0 Å². The third-order valence-electron chi connectivity index (χ3n) is 2.12. The van der Waals surface area contributed by atoms with E-state index in [4.69, 9.17) is 5.84 Å². The summed E-state index contributed by atoms with van der Waals surface area (Å²) in [6.45, 7) is 0.619. The molecule has 1 heterocycles. The van der Waals surface area contributed by atoms with Crippen LogP contribution >= 0.6 is 0 Å². The average molecular weight is 240 g/mol. The number of hydrogen-bond acceptors (Lipinski definition) is 6. The maximum atomic E-state index is 10.2. The number of rotatable bonds is 8. The molecule has 8 nitrogen and oxygen atoms in total. The van der Waals surface area contributed by atoms with Crippen LogP contribution in [0.25, 0.3) is 0 Å². The van der Waals surface area contributed by atoms with Gasteiger partial charge >= 0.3 is 0 Å². The van der Waals surface area contributed by atoms with Gasteiger partial charge in [0.2, 0.25) is 0 Å². The Kier molecular flexibility index (Phi) is 5.52. The summed E-state index contributed by atoms with van der Waals surface area (Å²) in [5, 5.41) is 13.0. The lowest BCUT2D eigenvalue weighted by molar-refractivity contribution is -0.404. The quantitative estimate of drug-likeness (QED) is 0.217. The fraction of sp³-hybridized carbons (Fsp3) is 0.444. The number of hydrazine groups is 1. The van der Waals surface area contributed by atoms with E-state index in [2.05, 4.69) is 20.7 Å². The van der Waals surface area contributed by atoms with Crippen molar-refractivity contribution in [3.8, 4) is 0 Å². The van der Waals surface area contributed by atoms with Crippen LogP contribution in [0.3, 0.4) is 0 Å². The number of aromatic nitrogens is 2. The summed E-state index contributed by atoms with van der Waals surface area (Å²) in [4.78, 5) is 16.6. The highest BCUT2D eigenvalue weighted by molar-refractivity contribution is 4.94. The number of hydrogen-bond donors (Lipinski definition) is 4. The normalized spacial score (nSPS) is 11.2. The first-order chi connectivity index (χ1) is 8.22. The van der Waals surface area contributed by atoms with Crippen LogP contribution in [0, 0.1) is 10.1 Å². The molecule has 0 radical (unpaired) electrons. The second kappa shape index (κ2) is 7.23. The van der Waals surface area contributed by atoms with Gasteiger partial charge in [0.1, 0.15) is 0 Å². The lowest BCUT2D eigenvalue weighted by Gasteiger charge is -2.06. The Hall–Kier alpha value is -2.09. The first-order valence-corrected chi connectivity index (χ1v) is 5.26. The molecule has 1 aromatic rings. The highest BCUT2D eigenvalue weighted by Crippen LogP contribution is 1.99. The number of nitrogens with one attached hydrogen (secondary N) is 3. The summed E-state index contributed by atoms with van der Waals surface area (Å²) in [5.74, 6) is 5.32. The zero-order valence-electron chi connectivity index (χ0n) is 9.35. The molecular formula is C9H16N6O2. The SMILES string of the molecule is NNC(=C[N+](=O)[O-])NCCCCc1c[nH]cn1. The molecule has 0 aliphatic carbocycles. The number of aromatic amines is 1. The van der Waals surface area contributed by atoms with Crippen molar-refractivity contribution in [3.05, 3.63) is 40.4 Å². The summed E-state index contributed by atoms with van der Waals surface area (Å²) in [5.41, 5.74) is 3.25. The van der Waals surface area contributed by atoms with Crippen LogP contribution in [0.2, 0.25) is 0 Å². The van der Waals surface area contributed by atoms with E-state index in [9.17, 15) is 10.1 Å². The van der Waals surface area contributed by atoms with Gasteiger partial charge in [0, 0.05) is 12.7 Å². The second-order valence-electron chi connectivity index (χ2n) is 3.42. The van der Waals surface area contributed by atoms with Gasteiger partial charge in [-0.1, -0.05) is 0 Å². The van der Waals surface area contributed by atoms with Crippen LogP contribution in [0.5, 0.6) is 0 Å². The molecule has 17 heavy (non-hydrogen) atoms. The lowest BCUT2D eigenvalue weighted by atomic mass is 10.2. The van der Waals surface area contributed by atoms with Crippen molar-refractivity contribution in [1.82, 2.24) is 20.7 Å². The third-order valence-corrected chi connectivity index (χ3v) is 2.12. The zero-order valence-corrected chi connectivity index (χ0v) is 9.35. The smallest absolute Gasteiger partial charge is 0.275 e. The van der Waals surface area contributed by atoms with Crippen molar-refractivity contribution in [2.75, 3.05) is 6.54 Å². The van der Waals surface area contributed by atoms with Crippen molar-refractivity contribution in [1.29, 1.82) is 0 Å². The highest BCUT2D eigenvalue weighted by Gasteiger charge is 2.00. The van der Waals surface area contributed by atoms with Gasteiger partial charge in [-0.05, 0) is 19.3 Å². The number of aryl methyl sites for hydroxylation is 1. The monoisotopic (exact) mass is 240 g/mol. The van der Waals surface area contributed by atoms with E-state index < -0.39 is 4.92 Å². The van der Waals surface area contributed by atoms with Crippen LogP contribution < -0.4 is 16.6 Å². The molecule has 0 saturated carbocycles. The molecule has 1 rings (SSSR count). The van der Waals surface area contributed by atoms with Gasteiger partial charge in [-0.3, -0.25) is 10.1 Å². The molecule has 8 heteroatoms. The largest absolute Gasteiger partial charge is 0.366 e. The summed E-state index contributed by atoms with van der Waals surface area (Å²) < 4.78 is 0. The molecule has 0 aliphatic heterocycles. The van der Waals surface area contributed by atoms with Crippen molar-refractivity contribution < 1.29 is 4.92 Å². The molecule has 0 aliphatic rings. The van der Waals surface area contributed by atoms with Crippen LogP contribution in [0.15, 0.2) is 24.5 Å². The molecule has 94 valence electrons. The van der Waals surface area contributed by atoms with E-state index >= 15 is 0 Å². The minimum absolute atomic E-state index is 0.203. The van der Waals surface area contributed by atoms with Gasteiger partial charge in [0.15, 0.2) is 5.82 Å². The number of H-pyrrole nitrogens is 1. The summed E-state index contributed by atoms with van der Waals surface area (Å²) in [6.07, 6.45) is 7.01. The molecule has 0 unspecified atom stereocenters. The molecule has 0 spiro atoms. The lowest BCUT2D eigenvalue weighted by Crippen LogP contribution is -2.32. The van der Waals surface area contributed by atoms with Gasteiger partial charge < -0.3 is 15.7 Å². The molecule has 0 amide bonds. The molecule has 0 saturated heterocycles. The van der Waals surface area contributed by atoms with E-state index in [0.717, 1.165) is 31.2 Å². The highest BCUT2D eigenvalue weighted by atomic mass is 16.6. The van der Waals surface area contributed by atoms with E-state index in [1.54, 1.807) is 6.33 Å². The average Bonchev–Trinajstić information content (AvgIpc) is 2.79. The summed E-state index contributed by atoms with van der Waals surface area (Å²) in [6, 6.07) is 0. The van der Waals surface area contributed by atoms with Gasteiger partial charge in [-0.25, -0.2) is 10.8 Å². The molecule has 0 bridgehead atoms. The second-order valence-corrected chi connectivity index (χ2v) is 3.42. The van der Waals surface area contributed by atoms with Crippen LogP contribution in [0.4, 0.5) is 0 Å². The van der Waals surface area contributed by atoms with Crippen molar-refractivity contribution in [2.45, 2.75) is 19.3 Å². The Bertz CT molecular complexity index is 362. The van der Waals surface area contributed by atoms with Gasteiger partial charge in [0.05, 0.1) is 16.9 Å². The third kappa shape index (κ3) is 5.52. The van der Waals surface area contributed by atoms with Crippen LogP contribution in [-0.4, -0.2) is 21.4 Å². The zero-order chi connectivity index (χ0) is 12.5.